The van der Waals surface area contributed by atoms with E-state index >= 15 is 0 Å². The summed E-state index contributed by atoms with van der Waals surface area (Å²) in [5, 5.41) is 13.1. The molecule has 0 bridgehead atoms. The second-order valence-corrected chi connectivity index (χ2v) is 6.89. The number of halogens is 1. The summed E-state index contributed by atoms with van der Waals surface area (Å²) in [7, 11) is 0. The van der Waals surface area contributed by atoms with Crippen molar-refractivity contribution in [2.24, 2.45) is 0 Å². The molecule has 1 aliphatic heterocycles. The molecule has 1 fully saturated rings. The molecule has 7 nitrogen and oxygen atoms in total. The van der Waals surface area contributed by atoms with Crippen molar-refractivity contribution in [3.63, 3.8) is 0 Å². The van der Waals surface area contributed by atoms with Gasteiger partial charge in [0.05, 0.1) is 11.7 Å². The first-order valence-corrected chi connectivity index (χ1v) is 9.33. The van der Waals surface area contributed by atoms with Crippen LogP contribution in [0.5, 0.6) is 0 Å². The third-order valence-electron chi connectivity index (χ3n) is 4.49. The van der Waals surface area contributed by atoms with Gasteiger partial charge in [0.25, 0.3) is 11.8 Å². The summed E-state index contributed by atoms with van der Waals surface area (Å²) in [5.41, 5.74) is 0.548. The topological polar surface area (TPSA) is 103 Å². The molecule has 1 saturated heterocycles. The van der Waals surface area contributed by atoms with Crippen molar-refractivity contribution in [3.05, 3.63) is 83.4 Å². The molecular weight excluding hydrogens is 423 g/mol. The van der Waals surface area contributed by atoms with E-state index in [0.29, 0.717) is 11.3 Å². The van der Waals surface area contributed by atoms with Gasteiger partial charge >= 0.3 is 0 Å². The van der Waals surface area contributed by atoms with Crippen LogP contribution in [0.4, 0.5) is 10.1 Å². The first-order valence-electron chi connectivity index (χ1n) is 8.92. The number of thiocarbonyl (C=S) groups is 1. The lowest BCUT2D eigenvalue weighted by Crippen LogP contribution is -2.54. The van der Waals surface area contributed by atoms with E-state index in [0.717, 1.165) is 11.0 Å². The van der Waals surface area contributed by atoms with E-state index in [-0.39, 0.29) is 27.7 Å². The number of carboxylic acid groups (broad SMARTS) is 1. The zero-order valence-electron chi connectivity index (χ0n) is 15.6. The molecule has 9 heteroatoms. The Kier molecular flexibility index (Phi) is 5.18. The Hall–Kier alpha value is -4.11. The lowest BCUT2D eigenvalue weighted by molar-refractivity contribution is -0.255. The number of anilines is 1. The first kappa shape index (κ1) is 20.2. The van der Waals surface area contributed by atoms with Crippen molar-refractivity contribution in [2.45, 2.75) is 0 Å². The molecule has 0 saturated carbocycles. The average molecular weight is 435 g/mol. The van der Waals surface area contributed by atoms with Crippen molar-refractivity contribution >= 4 is 46.9 Å². The number of nitrogens with zero attached hydrogens (tertiary/aromatic N) is 1. The molecule has 2 amide bonds. The van der Waals surface area contributed by atoms with Crippen molar-refractivity contribution in [3.8, 4) is 11.3 Å². The van der Waals surface area contributed by atoms with Gasteiger partial charge in [-0.15, -0.1) is 0 Å². The minimum atomic E-state index is -1.29. The normalized spacial score (nSPS) is 15.3. The van der Waals surface area contributed by atoms with Gasteiger partial charge in [-0.2, -0.15) is 0 Å². The summed E-state index contributed by atoms with van der Waals surface area (Å²) in [6.45, 7) is 0. The van der Waals surface area contributed by atoms with Crippen molar-refractivity contribution in [2.75, 3.05) is 4.90 Å². The number of furan rings is 1. The van der Waals surface area contributed by atoms with Crippen LogP contribution in [-0.4, -0.2) is 22.9 Å². The third-order valence-corrected chi connectivity index (χ3v) is 4.77. The monoisotopic (exact) mass is 435 g/mol. The van der Waals surface area contributed by atoms with Crippen LogP contribution < -0.4 is 15.3 Å². The van der Waals surface area contributed by atoms with Crippen LogP contribution in [0.1, 0.15) is 16.1 Å². The molecule has 154 valence electrons. The summed E-state index contributed by atoms with van der Waals surface area (Å²) in [6, 6.07) is 14.3. The molecule has 0 radical (unpaired) electrons. The third kappa shape index (κ3) is 3.99. The highest BCUT2D eigenvalue weighted by molar-refractivity contribution is 7.80. The Morgan fingerprint density at radius 3 is 2.52 bits per heavy atom. The van der Waals surface area contributed by atoms with Gasteiger partial charge in [-0.05, 0) is 54.2 Å². The Labute approximate surface area is 180 Å². The van der Waals surface area contributed by atoms with E-state index in [2.05, 4.69) is 5.32 Å². The molecule has 2 aromatic carbocycles. The van der Waals surface area contributed by atoms with E-state index in [1.807, 2.05) is 0 Å². The molecule has 0 atom stereocenters. The second kappa shape index (κ2) is 7.96. The Bertz CT molecular complexity index is 1260. The van der Waals surface area contributed by atoms with Crippen molar-refractivity contribution in [1.29, 1.82) is 0 Å². The fourth-order valence-electron chi connectivity index (χ4n) is 3.01. The zero-order valence-corrected chi connectivity index (χ0v) is 16.4. The average Bonchev–Trinajstić information content (AvgIpc) is 3.20. The SMILES string of the molecule is O=C1NC(=S)N(c2cccc(F)c2)C(=O)/C1=C/c1ccc(-c2ccc(C(=O)[O-])cc2)o1. The number of hydrogen-bond acceptors (Lipinski definition) is 6. The minimum Gasteiger partial charge on any atom is -0.545 e. The van der Waals surface area contributed by atoms with Crippen LogP contribution in [0.3, 0.4) is 0 Å². The van der Waals surface area contributed by atoms with Crippen LogP contribution >= 0.6 is 12.2 Å². The maximum atomic E-state index is 13.6. The molecule has 3 aromatic rings. The van der Waals surface area contributed by atoms with Crippen LogP contribution in [0.15, 0.2) is 70.7 Å². The van der Waals surface area contributed by atoms with Gasteiger partial charge in [-0.3, -0.25) is 19.8 Å². The summed E-state index contributed by atoms with van der Waals surface area (Å²) in [5.74, 6) is -2.67. The molecule has 0 aliphatic carbocycles. The van der Waals surface area contributed by atoms with Gasteiger partial charge in [0.1, 0.15) is 22.9 Å². The number of benzene rings is 2. The molecule has 1 aliphatic rings. The fourth-order valence-corrected chi connectivity index (χ4v) is 3.29. The Morgan fingerprint density at radius 2 is 1.84 bits per heavy atom. The lowest BCUT2D eigenvalue weighted by Gasteiger charge is -2.28. The number of nitrogens with one attached hydrogen (secondary N) is 1. The highest BCUT2D eigenvalue weighted by atomic mass is 32.1. The zero-order chi connectivity index (χ0) is 22.1. The molecule has 1 aromatic heterocycles. The highest BCUT2D eigenvalue weighted by Gasteiger charge is 2.34. The summed E-state index contributed by atoms with van der Waals surface area (Å²) >= 11 is 5.07. The lowest BCUT2D eigenvalue weighted by atomic mass is 10.1. The van der Waals surface area contributed by atoms with E-state index < -0.39 is 23.6 Å². The van der Waals surface area contributed by atoms with Gasteiger partial charge in [-0.25, -0.2) is 4.39 Å². The minimum absolute atomic E-state index is 0.0236. The standard InChI is InChI=1S/C22H13FN2O5S/c23-14-2-1-3-15(10-14)25-20(27)17(19(26)24-22(25)31)11-16-8-9-18(30-16)12-4-6-13(7-5-12)21(28)29/h1-11H,(H,28,29)(H,24,26,31)/p-1/b17-11+. The number of carbonyl (C=O) groups is 3. The van der Waals surface area contributed by atoms with Crippen LogP contribution in [0.2, 0.25) is 0 Å². The number of rotatable bonds is 4. The van der Waals surface area contributed by atoms with Crippen LogP contribution in [0, 0.1) is 5.82 Å². The van der Waals surface area contributed by atoms with E-state index in [1.54, 1.807) is 24.3 Å². The Morgan fingerprint density at radius 1 is 1.10 bits per heavy atom. The maximum Gasteiger partial charge on any atom is 0.270 e. The maximum absolute atomic E-state index is 13.6. The van der Waals surface area contributed by atoms with Crippen molar-refractivity contribution in [1.82, 2.24) is 5.32 Å². The van der Waals surface area contributed by atoms with E-state index in [1.165, 1.54) is 36.4 Å². The van der Waals surface area contributed by atoms with Crippen LogP contribution in [-0.2, 0) is 9.59 Å². The smallest absolute Gasteiger partial charge is 0.270 e. The fraction of sp³-hybridized carbons (Fsp3) is 0. The highest BCUT2D eigenvalue weighted by Crippen LogP contribution is 2.26. The quantitative estimate of drug-likeness (QED) is 0.383. The second-order valence-electron chi connectivity index (χ2n) is 6.50. The molecule has 4 rings (SSSR count). The number of amides is 2. The Balaban J connectivity index is 1.64. The van der Waals surface area contributed by atoms with Gasteiger partial charge in [-0.1, -0.05) is 30.3 Å². The van der Waals surface area contributed by atoms with Crippen LogP contribution in [0.25, 0.3) is 17.4 Å². The number of aromatic carboxylic acids is 1. The summed E-state index contributed by atoms with van der Waals surface area (Å²) in [6.07, 6.45) is 1.25. The molecule has 0 unspecified atom stereocenters. The molecule has 1 N–H and O–H groups in total. The number of carbonyl (C=O) groups excluding carboxylic acids is 3. The largest absolute Gasteiger partial charge is 0.545 e. The predicted octanol–water partition coefficient (Wildman–Crippen LogP) is 2.28. The van der Waals surface area contributed by atoms with Crippen molar-refractivity contribution < 1.29 is 28.3 Å². The van der Waals surface area contributed by atoms with Gasteiger partial charge in [0, 0.05) is 5.56 Å². The molecule has 2 heterocycles. The summed E-state index contributed by atoms with van der Waals surface area (Å²) in [4.78, 5) is 37.2. The van der Waals surface area contributed by atoms with E-state index in [4.69, 9.17) is 16.6 Å². The number of hydrogen-bond donors (Lipinski definition) is 1. The molecular formula is C22H12FN2O5S-. The molecule has 0 spiro atoms. The van der Waals surface area contributed by atoms with E-state index in [9.17, 15) is 23.9 Å². The first-order chi connectivity index (χ1) is 14.8. The summed E-state index contributed by atoms with van der Waals surface area (Å²) < 4.78 is 19.3. The molecule has 31 heavy (non-hydrogen) atoms. The van der Waals surface area contributed by atoms with Gasteiger partial charge in [0.2, 0.25) is 0 Å². The van der Waals surface area contributed by atoms with Gasteiger partial charge in [0.15, 0.2) is 5.11 Å². The predicted molar refractivity (Wildman–Crippen MR) is 111 cm³/mol. The van der Waals surface area contributed by atoms with Gasteiger partial charge < -0.3 is 14.3 Å². The number of carboxylic acids is 1.